The average Bonchev–Trinajstić information content (AvgIpc) is 2.75. The zero-order valence-electron chi connectivity index (χ0n) is 22.4. The number of rotatable bonds is 11. The van der Waals surface area contributed by atoms with Crippen LogP contribution >= 0.6 is 0 Å². The van der Waals surface area contributed by atoms with Gasteiger partial charge in [-0.15, -0.1) is 0 Å². The largest absolute Gasteiger partial charge is 0.543 e. The van der Waals surface area contributed by atoms with Crippen LogP contribution in [0.2, 0.25) is 16.6 Å². The number of ether oxygens (including phenoxy) is 2. The van der Waals surface area contributed by atoms with E-state index in [2.05, 4.69) is 67.2 Å². The molecule has 0 heterocycles. The normalized spacial score (nSPS) is 13.2. The summed E-state index contributed by atoms with van der Waals surface area (Å²) in [5.41, 5.74) is -0.796. The summed E-state index contributed by atoms with van der Waals surface area (Å²) in [5, 5.41) is 0. The third kappa shape index (κ3) is 7.92. The zero-order valence-corrected chi connectivity index (χ0v) is 23.4. The van der Waals surface area contributed by atoms with E-state index in [1.165, 1.54) is 14.2 Å². The van der Waals surface area contributed by atoms with Crippen molar-refractivity contribution in [3.63, 3.8) is 0 Å². The molecule has 0 rings (SSSR count). The second-order valence-corrected chi connectivity index (χ2v) is 14.9. The minimum Gasteiger partial charge on any atom is -0.543 e. The highest BCUT2D eigenvalue weighted by atomic mass is 28.4. The van der Waals surface area contributed by atoms with Crippen LogP contribution in [0.15, 0.2) is 36.1 Å². The summed E-state index contributed by atoms with van der Waals surface area (Å²) in [6.07, 6.45) is 8.78. The van der Waals surface area contributed by atoms with Crippen LogP contribution in [-0.2, 0) is 23.5 Å². The van der Waals surface area contributed by atoms with Gasteiger partial charge < -0.3 is 13.9 Å². The van der Waals surface area contributed by atoms with Crippen LogP contribution in [0.4, 0.5) is 0 Å². The monoisotopic (exact) mass is 476 g/mol. The summed E-state index contributed by atoms with van der Waals surface area (Å²) >= 11 is 0. The van der Waals surface area contributed by atoms with Crippen LogP contribution in [0.1, 0.15) is 68.7 Å². The molecule has 0 bridgehead atoms. The number of carbonyl (C=O) groups excluding carboxylic acids is 2. The summed E-state index contributed by atoms with van der Waals surface area (Å²) in [6.45, 7) is 19.1. The number of methoxy groups -OCH3 is 2. The maximum atomic E-state index is 13.0. The summed E-state index contributed by atoms with van der Waals surface area (Å²) in [7, 11) is 0.147. The van der Waals surface area contributed by atoms with Gasteiger partial charge in [0.05, 0.1) is 14.2 Å². The Kier molecular flexibility index (Phi) is 13.1. The molecule has 33 heavy (non-hydrogen) atoms. The predicted octanol–water partition coefficient (Wildman–Crippen LogP) is 6.58. The Morgan fingerprint density at radius 3 is 1.76 bits per heavy atom. The first kappa shape index (κ1) is 30.7. The molecule has 0 atom stereocenters. The van der Waals surface area contributed by atoms with Gasteiger partial charge in [-0.3, -0.25) is 9.59 Å². The van der Waals surface area contributed by atoms with Crippen molar-refractivity contribution in [1.29, 1.82) is 0 Å². The third-order valence-electron chi connectivity index (χ3n) is 5.85. The minimum atomic E-state index is -2.37. The van der Waals surface area contributed by atoms with Gasteiger partial charge >= 0.3 is 11.9 Å². The molecule has 0 saturated heterocycles. The van der Waals surface area contributed by atoms with Gasteiger partial charge in [0.1, 0.15) is 5.76 Å². The Labute approximate surface area is 202 Å². The maximum absolute atomic E-state index is 13.0. The number of allylic oxidation sites excluding steroid dienone is 4. The molecule has 0 aromatic heterocycles. The first-order valence-corrected chi connectivity index (χ1v) is 13.9. The summed E-state index contributed by atoms with van der Waals surface area (Å²) < 4.78 is 17.0. The topological polar surface area (TPSA) is 61.8 Å². The summed E-state index contributed by atoms with van der Waals surface area (Å²) in [5.74, 6) is 5.04. The lowest BCUT2D eigenvalue weighted by molar-refractivity contribution is -0.164. The van der Waals surface area contributed by atoms with Gasteiger partial charge in [0, 0.05) is 6.42 Å². The highest BCUT2D eigenvalue weighted by Gasteiger charge is 2.50. The molecule has 186 valence electrons. The SMILES string of the molecule is C/C=C/C#CCC(/C=C(\C=C\C(C)C)O[Si](C(C)C)(C(C)C)C(C)C)(C(=O)OC)C(=O)OC. The molecule has 0 aliphatic carbocycles. The molecular formula is C27H44O5Si. The molecule has 0 amide bonds. The molecule has 6 heteroatoms. The van der Waals surface area contributed by atoms with Crippen molar-refractivity contribution in [3.8, 4) is 11.8 Å². The molecule has 0 unspecified atom stereocenters. The fourth-order valence-corrected chi connectivity index (χ4v) is 9.54. The number of carbonyl (C=O) groups is 2. The first-order chi connectivity index (χ1) is 15.3. The molecule has 0 saturated carbocycles. The van der Waals surface area contributed by atoms with E-state index in [0.29, 0.717) is 22.4 Å². The van der Waals surface area contributed by atoms with E-state index in [4.69, 9.17) is 13.9 Å². The first-order valence-electron chi connectivity index (χ1n) is 11.7. The van der Waals surface area contributed by atoms with Crippen LogP contribution in [0.3, 0.4) is 0 Å². The Bertz CT molecular complexity index is 753. The minimum absolute atomic E-state index is 0.0847. The van der Waals surface area contributed by atoms with E-state index < -0.39 is 25.7 Å². The van der Waals surface area contributed by atoms with E-state index in [1.54, 1.807) is 18.2 Å². The molecule has 0 aromatic rings. The lowest BCUT2D eigenvalue weighted by Crippen LogP contribution is -2.48. The van der Waals surface area contributed by atoms with Crippen molar-refractivity contribution < 1.29 is 23.5 Å². The van der Waals surface area contributed by atoms with Crippen LogP contribution in [-0.4, -0.2) is 34.5 Å². The van der Waals surface area contributed by atoms with E-state index in [-0.39, 0.29) is 12.3 Å². The van der Waals surface area contributed by atoms with Crippen LogP contribution < -0.4 is 0 Å². The summed E-state index contributed by atoms with van der Waals surface area (Å²) in [4.78, 5) is 26.0. The van der Waals surface area contributed by atoms with Crippen molar-refractivity contribution in [2.75, 3.05) is 14.2 Å². The van der Waals surface area contributed by atoms with E-state index in [9.17, 15) is 9.59 Å². The van der Waals surface area contributed by atoms with Crippen molar-refractivity contribution >= 4 is 20.3 Å². The lowest BCUT2D eigenvalue weighted by atomic mass is 9.83. The average molecular weight is 477 g/mol. The quantitative estimate of drug-likeness (QED) is 0.0842. The van der Waals surface area contributed by atoms with Crippen molar-refractivity contribution in [2.45, 2.75) is 85.4 Å². The van der Waals surface area contributed by atoms with Crippen molar-refractivity contribution in [2.24, 2.45) is 11.3 Å². The van der Waals surface area contributed by atoms with Crippen LogP contribution in [0, 0.1) is 23.2 Å². The standard InChI is InChI=1S/C27H44O5Si/c1-12-13-14-15-18-27(25(28)30-10,26(29)31-11)19-24(17-16-20(2)3)32-33(21(4)5,22(6)7)23(8)9/h12-13,16-17,19-23H,18H2,1-11H3/b13-12+,17-16+,24-19+. The van der Waals surface area contributed by atoms with Gasteiger partial charge in [-0.1, -0.05) is 79.4 Å². The Morgan fingerprint density at radius 1 is 0.909 bits per heavy atom. The Balaban J connectivity index is 7.09. The molecule has 0 aromatic carbocycles. The molecule has 0 radical (unpaired) electrons. The molecule has 0 fully saturated rings. The van der Waals surface area contributed by atoms with E-state index in [0.717, 1.165) is 0 Å². The second kappa shape index (κ2) is 14.1. The maximum Gasteiger partial charge on any atom is 0.328 e. The Morgan fingerprint density at radius 2 is 1.39 bits per heavy atom. The fraction of sp³-hybridized carbons (Fsp3) is 0.630. The highest BCUT2D eigenvalue weighted by molar-refractivity contribution is 6.77. The smallest absolute Gasteiger partial charge is 0.328 e. The second-order valence-electron chi connectivity index (χ2n) is 9.52. The van der Waals surface area contributed by atoms with Gasteiger partial charge in [0.2, 0.25) is 0 Å². The predicted molar refractivity (Wildman–Crippen MR) is 138 cm³/mol. The van der Waals surface area contributed by atoms with Gasteiger partial charge in [-0.2, -0.15) is 0 Å². The molecular weight excluding hydrogens is 432 g/mol. The molecule has 0 N–H and O–H groups in total. The number of esters is 2. The molecule has 0 aliphatic rings. The van der Waals surface area contributed by atoms with Gasteiger partial charge in [-0.05, 0) is 47.7 Å². The Hall–Kier alpha value is -2.26. The van der Waals surface area contributed by atoms with Gasteiger partial charge in [-0.25, -0.2) is 0 Å². The highest BCUT2D eigenvalue weighted by Crippen LogP contribution is 2.44. The molecule has 5 nitrogen and oxygen atoms in total. The fourth-order valence-electron chi connectivity index (χ4n) is 4.29. The zero-order chi connectivity index (χ0) is 25.8. The summed E-state index contributed by atoms with van der Waals surface area (Å²) in [6, 6.07) is 0. The van der Waals surface area contributed by atoms with Crippen LogP contribution in [0.5, 0.6) is 0 Å². The van der Waals surface area contributed by atoms with E-state index in [1.807, 2.05) is 19.1 Å². The van der Waals surface area contributed by atoms with Crippen molar-refractivity contribution in [3.05, 3.63) is 36.1 Å². The van der Waals surface area contributed by atoms with Gasteiger partial charge in [0.25, 0.3) is 8.32 Å². The van der Waals surface area contributed by atoms with Crippen LogP contribution in [0.25, 0.3) is 0 Å². The molecule has 0 aliphatic heterocycles. The van der Waals surface area contributed by atoms with Gasteiger partial charge in [0.15, 0.2) is 5.41 Å². The number of hydrogen-bond donors (Lipinski definition) is 0. The number of hydrogen-bond acceptors (Lipinski definition) is 5. The van der Waals surface area contributed by atoms with Crippen molar-refractivity contribution in [1.82, 2.24) is 0 Å². The third-order valence-corrected chi connectivity index (χ3v) is 11.9. The van der Waals surface area contributed by atoms with E-state index >= 15 is 0 Å². The lowest BCUT2D eigenvalue weighted by Gasteiger charge is -2.43. The molecule has 0 spiro atoms.